The van der Waals surface area contributed by atoms with Gasteiger partial charge in [-0.2, -0.15) is 0 Å². The molecular formula is C20H16BrN3O2S. The molecule has 0 saturated heterocycles. The number of halogens is 1. The highest BCUT2D eigenvalue weighted by atomic mass is 79.9. The molecule has 0 fully saturated rings. The summed E-state index contributed by atoms with van der Waals surface area (Å²) in [4.78, 5) is 29.1. The fraction of sp³-hybridized carbons (Fsp3) is 0.0500. The second kappa shape index (κ2) is 8.75. The minimum atomic E-state index is -0.420. The molecule has 0 aliphatic heterocycles. The summed E-state index contributed by atoms with van der Waals surface area (Å²) in [6.07, 6.45) is 3.03. The van der Waals surface area contributed by atoms with Crippen LogP contribution in [0.5, 0.6) is 0 Å². The van der Waals surface area contributed by atoms with Crippen LogP contribution in [-0.4, -0.2) is 16.8 Å². The van der Waals surface area contributed by atoms with Gasteiger partial charge >= 0.3 is 0 Å². The van der Waals surface area contributed by atoms with Crippen molar-refractivity contribution in [2.75, 3.05) is 0 Å². The first-order chi connectivity index (χ1) is 13.0. The van der Waals surface area contributed by atoms with E-state index in [0.29, 0.717) is 10.6 Å². The highest BCUT2D eigenvalue weighted by Gasteiger charge is 2.16. The molecule has 3 aromatic rings. The van der Waals surface area contributed by atoms with E-state index in [1.165, 1.54) is 17.4 Å². The van der Waals surface area contributed by atoms with Gasteiger partial charge in [0.05, 0.1) is 5.69 Å². The Labute approximate surface area is 169 Å². The van der Waals surface area contributed by atoms with Gasteiger partial charge in [0.15, 0.2) is 0 Å². The summed E-state index contributed by atoms with van der Waals surface area (Å²) in [6, 6.07) is 17.2. The molecule has 1 aromatic heterocycles. The molecule has 5 nitrogen and oxygen atoms in total. The summed E-state index contributed by atoms with van der Waals surface area (Å²) in [6.45, 7) is 1.77. The number of hydrazine groups is 1. The van der Waals surface area contributed by atoms with Crippen LogP contribution < -0.4 is 10.9 Å². The summed E-state index contributed by atoms with van der Waals surface area (Å²) in [5.41, 5.74) is 7.26. The number of aryl methyl sites for hydroxylation is 1. The van der Waals surface area contributed by atoms with E-state index in [2.05, 4.69) is 31.8 Å². The van der Waals surface area contributed by atoms with E-state index in [0.717, 1.165) is 20.6 Å². The van der Waals surface area contributed by atoms with Gasteiger partial charge in [0.2, 0.25) is 0 Å². The molecule has 2 aromatic carbocycles. The fourth-order valence-electron chi connectivity index (χ4n) is 2.27. The van der Waals surface area contributed by atoms with Crippen LogP contribution in [0.1, 0.15) is 20.9 Å². The number of amides is 2. The maximum atomic E-state index is 12.3. The zero-order chi connectivity index (χ0) is 19.2. The summed E-state index contributed by atoms with van der Waals surface area (Å²) in [7, 11) is 0. The third-order valence-electron chi connectivity index (χ3n) is 3.62. The third kappa shape index (κ3) is 5.12. The average molecular weight is 442 g/mol. The molecule has 0 spiro atoms. The van der Waals surface area contributed by atoms with Crippen molar-refractivity contribution in [2.45, 2.75) is 6.92 Å². The topological polar surface area (TPSA) is 71.1 Å². The summed E-state index contributed by atoms with van der Waals surface area (Å²) >= 11 is 4.64. The molecule has 0 saturated carbocycles. The number of nitrogens with one attached hydrogen (secondary N) is 2. The Morgan fingerprint density at radius 2 is 1.74 bits per heavy atom. The number of carbonyl (C=O) groups is 2. The highest BCUT2D eigenvalue weighted by Crippen LogP contribution is 2.27. The lowest BCUT2D eigenvalue weighted by Crippen LogP contribution is -2.40. The third-order valence-corrected chi connectivity index (χ3v) is 5.35. The Hall–Kier alpha value is -2.77. The number of thiazole rings is 1. The van der Waals surface area contributed by atoms with Crippen LogP contribution in [-0.2, 0) is 4.79 Å². The fourth-order valence-corrected chi connectivity index (χ4v) is 3.51. The summed E-state index contributed by atoms with van der Waals surface area (Å²) in [5, 5.41) is 0.764. The monoisotopic (exact) mass is 441 g/mol. The molecule has 2 amide bonds. The van der Waals surface area contributed by atoms with Crippen LogP contribution in [0.3, 0.4) is 0 Å². The second-order valence-electron chi connectivity index (χ2n) is 5.63. The van der Waals surface area contributed by atoms with E-state index in [-0.39, 0.29) is 0 Å². The van der Waals surface area contributed by atoms with Gasteiger partial charge in [-0.05, 0) is 30.7 Å². The summed E-state index contributed by atoms with van der Waals surface area (Å²) in [5.74, 6) is -0.811. The van der Waals surface area contributed by atoms with Crippen molar-refractivity contribution in [2.24, 2.45) is 0 Å². The van der Waals surface area contributed by atoms with E-state index in [1.807, 2.05) is 54.6 Å². The van der Waals surface area contributed by atoms with Crippen LogP contribution in [0, 0.1) is 6.92 Å². The lowest BCUT2D eigenvalue weighted by atomic mass is 10.2. The predicted octanol–water partition coefficient (Wildman–Crippen LogP) is 4.36. The molecular weight excluding hydrogens is 426 g/mol. The van der Waals surface area contributed by atoms with Crippen LogP contribution in [0.25, 0.3) is 16.6 Å². The van der Waals surface area contributed by atoms with Gasteiger partial charge in [-0.3, -0.25) is 20.4 Å². The Bertz CT molecular complexity index is 982. The quantitative estimate of drug-likeness (QED) is 0.466. The molecule has 0 aliphatic rings. The summed E-state index contributed by atoms with van der Waals surface area (Å²) < 4.78 is 0.964. The second-order valence-corrected chi connectivity index (χ2v) is 7.54. The first-order valence-electron chi connectivity index (χ1n) is 8.10. The maximum Gasteiger partial charge on any atom is 0.281 e. The molecule has 7 heteroatoms. The Morgan fingerprint density at radius 1 is 1.04 bits per heavy atom. The average Bonchev–Trinajstić information content (AvgIpc) is 3.08. The van der Waals surface area contributed by atoms with Gasteiger partial charge in [-0.25, -0.2) is 4.98 Å². The molecule has 0 unspecified atom stereocenters. The van der Waals surface area contributed by atoms with Gasteiger partial charge in [0.1, 0.15) is 9.88 Å². The normalized spacial score (nSPS) is 10.7. The highest BCUT2D eigenvalue weighted by molar-refractivity contribution is 9.10. The maximum absolute atomic E-state index is 12.3. The van der Waals surface area contributed by atoms with Crippen molar-refractivity contribution >= 4 is 45.2 Å². The zero-order valence-electron chi connectivity index (χ0n) is 14.4. The molecule has 0 bridgehead atoms. The Balaban J connectivity index is 1.60. The van der Waals surface area contributed by atoms with Crippen molar-refractivity contribution in [1.82, 2.24) is 15.8 Å². The number of hydrogen-bond acceptors (Lipinski definition) is 4. The molecule has 3 rings (SSSR count). The van der Waals surface area contributed by atoms with E-state index in [9.17, 15) is 9.59 Å². The van der Waals surface area contributed by atoms with E-state index < -0.39 is 11.8 Å². The number of nitrogens with zero attached hydrogens (tertiary/aromatic N) is 1. The first kappa shape index (κ1) is 19.0. The molecule has 136 valence electrons. The van der Waals surface area contributed by atoms with Crippen molar-refractivity contribution in [1.29, 1.82) is 0 Å². The lowest BCUT2D eigenvalue weighted by molar-refractivity contribution is -0.117. The largest absolute Gasteiger partial charge is 0.281 e. The van der Waals surface area contributed by atoms with Gasteiger partial charge in [0.25, 0.3) is 11.8 Å². The van der Waals surface area contributed by atoms with Gasteiger partial charge < -0.3 is 0 Å². The van der Waals surface area contributed by atoms with Gasteiger partial charge in [0, 0.05) is 16.1 Å². The van der Waals surface area contributed by atoms with Crippen molar-refractivity contribution < 1.29 is 9.59 Å². The molecule has 2 N–H and O–H groups in total. The molecule has 0 atom stereocenters. The van der Waals surface area contributed by atoms with Crippen molar-refractivity contribution in [3.05, 3.63) is 81.3 Å². The van der Waals surface area contributed by atoms with Crippen molar-refractivity contribution in [3.63, 3.8) is 0 Å². The van der Waals surface area contributed by atoms with E-state index >= 15 is 0 Å². The van der Waals surface area contributed by atoms with Crippen LogP contribution in [0.2, 0.25) is 0 Å². The first-order valence-corrected chi connectivity index (χ1v) is 9.70. The zero-order valence-corrected chi connectivity index (χ0v) is 16.8. The predicted molar refractivity (Wildman–Crippen MR) is 111 cm³/mol. The minimum absolute atomic E-state index is 0.391. The Morgan fingerprint density at radius 3 is 2.44 bits per heavy atom. The standard InChI is InChI=1S/C20H16BrN3O2S/c1-13-18(27-20(22-13)15-5-3-2-4-6-15)19(26)24-23-17(25)12-9-14-7-10-16(21)11-8-14/h2-12H,1H3,(H,23,25)(H,24,26)/b12-9+. The van der Waals surface area contributed by atoms with Crippen LogP contribution in [0.15, 0.2) is 65.1 Å². The molecule has 0 radical (unpaired) electrons. The minimum Gasteiger partial charge on any atom is -0.268 e. The van der Waals surface area contributed by atoms with E-state index in [1.54, 1.807) is 13.0 Å². The smallest absolute Gasteiger partial charge is 0.268 e. The van der Waals surface area contributed by atoms with E-state index in [4.69, 9.17) is 0 Å². The number of rotatable bonds is 4. The number of carbonyl (C=O) groups excluding carboxylic acids is 2. The van der Waals surface area contributed by atoms with Crippen LogP contribution in [0.4, 0.5) is 0 Å². The number of benzene rings is 2. The van der Waals surface area contributed by atoms with Gasteiger partial charge in [-0.15, -0.1) is 11.3 Å². The van der Waals surface area contributed by atoms with Gasteiger partial charge in [-0.1, -0.05) is 58.4 Å². The molecule has 0 aliphatic carbocycles. The van der Waals surface area contributed by atoms with Crippen molar-refractivity contribution in [3.8, 4) is 10.6 Å². The molecule has 27 heavy (non-hydrogen) atoms. The number of aromatic nitrogens is 1. The Kier molecular flexibility index (Phi) is 6.16. The lowest BCUT2D eigenvalue weighted by Gasteiger charge is -2.03. The van der Waals surface area contributed by atoms with Crippen LogP contribution >= 0.6 is 27.3 Å². The molecule has 1 heterocycles. The number of hydrogen-bond donors (Lipinski definition) is 2. The SMILES string of the molecule is Cc1nc(-c2ccccc2)sc1C(=O)NNC(=O)/C=C/c1ccc(Br)cc1.